The van der Waals surface area contributed by atoms with E-state index in [4.69, 9.17) is 5.73 Å². The van der Waals surface area contributed by atoms with Crippen LogP contribution in [0.25, 0.3) is 0 Å². The third-order valence-corrected chi connectivity index (χ3v) is 5.48. The number of aromatic nitrogens is 3. The summed E-state index contributed by atoms with van der Waals surface area (Å²) in [6.07, 6.45) is 0.994. The van der Waals surface area contributed by atoms with Crippen molar-refractivity contribution in [1.82, 2.24) is 14.8 Å². The summed E-state index contributed by atoms with van der Waals surface area (Å²) in [6, 6.07) is 8.35. The molecule has 1 aromatic carbocycles. The van der Waals surface area contributed by atoms with Crippen LogP contribution in [0.4, 0.5) is 0 Å². The molecule has 0 saturated heterocycles. The first kappa shape index (κ1) is 14.4. The predicted molar refractivity (Wildman–Crippen MR) is 84.6 cm³/mol. The largest absolute Gasteiger partial charge is 0.343 e. The van der Waals surface area contributed by atoms with E-state index in [1.54, 1.807) is 16.3 Å². The molecule has 6 heteroatoms. The number of H-pyrrole nitrogens is 1. The average molecular weight is 304 g/mol. The lowest BCUT2D eigenvalue weighted by Crippen LogP contribution is -2.31. The highest BCUT2D eigenvalue weighted by Crippen LogP contribution is 2.43. The normalized spacial score (nSPS) is 24.8. The Morgan fingerprint density at radius 2 is 2.14 bits per heavy atom. The minimum atomic E-state index is -0.155. The van der Waals surface area contributed by atoms with Crippen molar-refractivity contribution in [2.45, 2.75) is 49.2 Å². The second kappa shape index (κ2) is 5.69. The third-order valence-electron chi connectivity index (χ3n) is 4.17. The van der Waals surface area contributed by atoms with E-state index in [9.17, 15) is 4.79 Å². The molecule has 0 fully saturated rings. The fraction of sp³-hybridized carbons (Fsp3) is 0.467. The van der Waals surface area contributed by atoms with E-state index < -0.39 is 0 Å². The van der Waals surface area contributed by atoms with Crippen LogP contribution >= 0.6 is 11.8 Å². The van der Waals surface area contributed by atoms with Crippen LogP contribution in [0.15, 0.2) is 34.2 Å². The number of aromatic amines is 1. The SMILES string of the molecule is CCn1c(SC2CC(C)c3ccccc3C2N)n[nH]c1=O. The zero-order valence-corrected chi connectivity index (χ0v) is 13.1. The van der Waals surface area contributed by atoms with Crippen molar-refractivity contribution in [3.63, 3.8) is 0 Å². The smallest absolute Gasteiger partial charge is 0.323 e. The van der Waals surface area contributed by atoms with Crippen LogP contribution in [0.1, 0.15) is 43.4 Å². The standard InChI is InChI=1S/C15H20N4OS/c1-3-19-14(20)17-18-15(19)21-12-8-9(2)10-6-4-5-7-11(10)13(12)16/h4-7,9,12-13H,3,8,16H2,1-2H3,(H,17,20). The van der Waals surface area contributed by atoms with Crippen LogP contribution < -0.4 is 11.4 Å². The molecule has 3 atom stereocenters. The van der Waals surface area contributed by atoms with Crippen LogP contribution in [0.3, 0.4) is 0 Å². The molecule has 0 radical (unpaired) electrons. The molecule has 0 bridgehead atoms. The first-order valence-corrected chi connectivity index (χ1v) is 8.16. The first-order valence-electron chi connectivity index (χ1n) is 7.28. The monoisotopic (exact) mass is 304 g/mol. The average Bonchev–Trinajstić information content (AvgIpc) is 2.84. The molecule has 0 amide bonds. The zero-order chi connectivity index (χ0) is 15.0. The summed E-state index contributed by atoms with van der Waals surface area (Å²) in [7, 11) is 0. The summed E-state index contributed by atoms with van der Waals surface area (Å²) in [5.74, 6) is 0.472. The van der Waals surface area contributed by atoms with Gasteiger partial charge >= 0.3 is 5.69 Å². The summed E-state index contributed by atoms with van der Waals surface area (Å²) in [6.45, 7) is 4.79. The number of nitrogens with two attached hydrogens (primary N) is 1. The number of benzene rings is 1. The van der Waals surface area contributed by atoms with E-state index in [1.807, 2.05) is 13.0 Å². The van der Waals surface area contributed by atoms with E-state index in [0.29, 0.717) is 12.5 Å². The molecule has 0 spiro atoms. The molecule has 0 saturated carbocycles. The van der Waals surface area contributed by atoms with Gasteiger partial charge in [0.1, 0.15) is 0 Å². The van der Waals surface area contributed by atoms with Crippen molar-refractivity contribution in [3.05, 3.63) is 45.9 Å². The lowest BCUT2D eigenvalue weighted by molar-refractivity contribution is 0.524. The van der Waals surface area contributed by atoms with Gasteiger partial charge in [-0.25, -0.2) is 9.89 Å². The fourth-order valence-corrected chi connectivity index (χ4v) is 4.40. The number of hydrogen-bond acceptors (Lipinski definition) is 4. The molecule has 1 aliphatic carbocycles. The number of fused-ring (bicyclic) bond motifs is 1. The Morgan fingerprint density at radius 3 is 2.86 bits per heavy atom. The van der Waals surface area contributed by atoms with Crippen LogP contribution in [0.2, 0.25) is 0 Å². The van der Waals surface area contributed by atoms with Crippen molar-refractivity contribution in [1.29, 1.82) is 0 Å². The lowest BCUT2D eigenvalue weighted by Gasteiger charge is -2.34. The van der Waals surface area contributed by atoms with E-state index >= 15 is 0 Å². The highest BCUT2D eigenvalue weighted by molar-refractivity contribution is 7.99. The first-order chi connectivity index (χ1) is 10.1. The Bertz CT molecular complexity index is 693. The summed E-state index contributed by atoms with van der Waals surface area (Å²) >= 11 is 1.61. The van der Waals surface area contributed by atoms with E-state index in [2.05, 4.69) is 35.3 Å². The van der Waals surface area contributed by atoms with Gasteiger partial charge in [0.05, 0.1) is 0 Å². The molecule has 0 aliphatic heterocycles. The third kappa shape index (κ3) is 2.53. The Labute approximate surface area is 127 Å². The van der Waals surface area contributed by atoms with E-state index in [0.717, 1.165) is 11.6 Å². The van der Waals surface area contributed by atoms with Gasteiger partial charge in [-0.1, -0.05) is 43.0 Å². The van der Waals surface area contributed by atoms with Gasteiger partial charge in [0.2, 0.25) is 0 Å². The van der Waals surface area contributed by atoms with Gasteiger partial charge in [-0.3, -0.25) is 4.57 Å². The number of thioether (sulfide) groups is 1. The number of nitrogens with zero attached hydrogens (tertiary/aromatic N) is 2. The maximum atomic E-state index is 11.7. The topological polar surface area (TPSA) is 76.7 Å². The van der Waals surface area contributed by atoms with E-state index in [-0.39, 0.29) is 17.0 Å². The molecule has 21 heavy (non-hydrogen) atoms. The molecule has 112 valence electrons. The maximum Gasteiger partial charge on any atom is 0.343 e. The number of nitrogens with one attached hydrogen (secondary N) is 1. The summed E-state index contributed by atoms with van der Waals surface area (Å²) in [4.78, 5) is 11.7. The van der Waals surface area contributed by atoms with Crippen LogP contribution in [-0.4, -0.2) is 20.0 Å². The van der Waals surface area contributed by atoms with Gasteiger partial charge < -0.3 is 5.73 Å². The maximum absolute atomic E-state index is 11.7. The van der Waals surface area contributed by atoms with Gasteiger partial charge in [-0.15, -0.1) is 5.10 Å². The molecule has 3 unspecified atom stereocenters. The summed E-state index contributed by atoms with van der Waals surface area (Å²) in [5, 5.41) is 7.61. The number of hydrogen-bond donors (Lipinski definition) is 2. The molecule has 3 rings (SSSR count). The second-order valence-electron chi connectivity index (χ2n) is 5.50. The van der Waals surface area contributed by atoms with E-state index in [1.165, 1.54) is 11.1 Å². The Morgan fingerprint density at radius 1 is 1.43 bits per heavy atom. The van der Waals surface area contributed by atoms with Crippen LogP contribution in [0.5, 0.6) is 0 Å². The summed E-state index contributed by atoms with van der Waals surface area (Å²) < 4.78 is 1.66. The lowest BCUT2D eigenvalue weighted by atomic mass is 9.81. The second-order valence-corrected chi connectivity index (χ2v) is 6.71. The molecular formula is C15H20N4OS. The Balaban J connectivity index is 1.89. The fourth-order valence-electron chi connectivity index (χ4n) is 3.01. The van der Waals surface area contributed by atoms with Crippen molar-refractivity contribution >= 4 is 11.8 Å². The minimum Gasteiger partial charge on any atom is -0.323 e. The summed E-state index contributed by atoms with van der Waals surface area (Å²) in [5.41, 5.74) is 8.86. The van der Waals surface area contributed by atoms with Crippen molar-refractivity contribution in [2.75, 3.05) is 0 Å². The van der Waals surface area contributed by atoms with Crippen molar-refractivity contribution in [2.24, 2.45) is 5.73 Å². The Hall–Kier alpha value is -1.53. The van der Waals surface area contributed by atoms with Gasteiger partial charge in [0.15, 0.2) is 5.16 Å². The molecule has 2 aromatic rings. The van der Waals surface area contributed by atoms with Crippen LogP contribution in [-0.2, 0) is 6.54 Å². The molecular weight excluding hydrogens is 284 g/mol. The molecule has 1 aromatic heterocycles. The number of rotatable bonds is 3. The van der Waals surface area contributed by atoms with Crippen molar-refractivity contribution < 1.29 is 0 Å². The van der Waals surface area contributed by atoms with Gasteiger partial charge in [0, 0.05) is 17.8 Å². The molecule has 1 heterocycles. The van der Waals surface area contributed by atoms with Gasteiger partial charge in [-0.05, 0) is 30.4 Å². The van der Waals surface area contributed by atoms with Crippen LogP contribution in [0, 0.1) is 0 Å². The molecule has 1 aliphatic rings. The minimum absolute atomic E-state index is 0.0282. The van der Waals surface area contributed by atoms with Gasteiger partial charge in [-0.2, -0.15) is 0 Å². The van der Waals surface area contributed by atoms with Gasteiger partial charge in [0.25, 0.3) is 0 Å². The quantitative estimate of drug-likeness (QED) is 0.912. The highest BCUT2D eigenvalue weighted by Gasteiger charge is 2.32. The predicted octanol–water partition coefficient (Wildman–Crippen LogP) is 2.26. The Kier molecular flexibility index (Phi) is 3.91. The molecule has 3 N–H and O–H groups in total. The highest BCUT2D eigenvalue weighted by atomic mass is 32.2. The van der Waals surface area contributed by atoms with Crippen molar-refractivity contribution in [3.8, 4) is 0 Å². The molecule has 5 nitrogen and oxygen atoms in total. The zero-order valence-electron chi connectivity index (χ0n) is 12.2.